The van der Waals surface area contributed by atoms with E-state index in [1.807, 2.05) is 12.1 Å². The van der Waals surface area contributed by atoms with Crippen LogP contribution in [0.1, 0.15) is 25.3 Å². The molecule has 2 nitrogen and oxygen atoms in total. The molecular formula is C13H19BrO2. The highest BCUT2D eigenvalue weighted by molar-refractivity contribution is 9.08. The average Bonchev–Trinajstić information content (AvgIpc) is 2.34. The van der Waals surface area contributed by atoms with Crippen LogP contribution in [0.15, 0.2) is 24.3 Å². The highest BCUT2D eigenvalue weighted by atomic mass is 79.9. The van der Waals surface area contributed by atoms with Crippen LogP contribution in [0.5, 0.6) is 5.75 Å². The maximum absolute atomic E-state index is 5.55. The van der Waals surface area contributed by atoms with E-state index in [2.05, 4.69) is 35.0 Å². The molecular weight excluding hydrogens is 268 g/mol. The summed E-state index contributed by atoms with van der Waals surface area (Å²) in [4.78, 5) is 0. The first kappa shape index (κ1) is 13.5. The van der Waals surface area contributed by atoms with Crippen LogP contribution in [0.2, 0.25) is 0 Å². The first-order valence-corrected chi connectivity index (χ1v) is 6.84. The zero-order chi connectivity index (χ0) is 11.6. The second kappa shape index (κ2) is 8.59. The largest absolute Gasteiger partial charge is 0.491 e. The Morgan fingerprint density at radius 3 is 2.44 bits per heavy atom. The highest BCUT2D eigenvalue weighted by Crippen LogP contribution is 2.13. The molecule has 0 saturated carbocycles. The molecule has 0 bridgehead atoms. The Balaban J connectivity index is 2.12. The van der Waals surface area contributed by atoms with Crippen molar-refractivity contribution in [3.63, 3.8) is 0 Å². The molecule has 1 rings (SSSR count). The molecule has 0 spiro atoms. The summed E-state index contributed by atoms with van der Waals surface area (Å²) in [7, 11) is 0. The quantitative estimate of drug-likeness (QED) is 0.535. The third kappa shape index (κ3) is 5.52. The average molecular weight is 287 g/mol. The van der Waals surface area contributed by atoms with E-state index in [4.69, 9.17) is 9.47 Å². The lowest BCUT2D eigenvalue weighted by Gasteiger charge is -2.07. The molecule has 0 saturated heterocycles. The van der Waals surface area contributed by atoms with Gasteiger partial charge in [-0.15, -0.1) is 0 Å². The molecule has 0 aromatic heterocycles. The normalized spacial score (nSPS) is 10.4. The predicted molar refractivity (Wildman–Crippen MR) is 70.3 cm³/mol. The minimum atomic E-state index is 0.622. The van der Waals surface area contributed by atoms with Gasteiger partial charge in [0.05, 0.1) is 6.61 Å². The number of benzene rings is 1. The summed E-state index contributed by atoms with van der Waals surface area (Å²) in [5, 5.41) is 0.882. The van der Waals surface area contributed by atoms with Crippen LogP contribution < -0.4 is 4.74 Å². The van der Waals surface area contributed by atoms with Crippen molar-refractivity contribution in [2.75, 3.05) is 19.8 Å². The Bertz CT molecular complexity index is 272. The standard InChI is InChI=1S/C13H19BrO2/c1-2-3-8-15-9-10-16-13-6-4-12(11-14)5-7-13/h4-7H,2-3,8-11H2,1H3. The molecule has 0 atom stereocenters. The number of ether oxygens (including phenoxy) is 2. The van der Waals surface area contributed by atoms with Gasteiger partial charge in [-0.25, -0.2) is 0 Å². The van der Waals surface area contributed by atoms with Gasteiger partial charge in [-0.2, -0.15) is 0 Å². The van der Waals surface area contributed by atoms with Gasteiger partial charge in [0.15, 0.2) is 0 Å². The van der Waals surface area contributed by atoms with Crippen LogP contribution in [0.3, 0.4) is 0 Å². The van der Waals surface area contributed by atoms with E-state index in [1.54, 1.807) is 0 Å². The minimum Gasteiger partial charge on any atom is -0.491 e. The number of unbranched alkanes of at least 4 members (excludes halogenated alkanes) is 1. The third-order valence-corrected chi connectivity index (χ3v) is 2.86. The summed E-state index contributed by atoms with van der Waals surface area (Å²) in [5.41, 5.74) is 1.26. The Kier molecular flexibility index (Phi) is 7.26. The summed E-state index contributed by atoms with van der Waals surface area (Å²) in [6, 6.07) is 8.09. The van der Waals surface area contributed by atoms with Gasteiger partial charge in [0.2, 0.25) is 0 Å². The molecule has 0 heterocycles. The van der Waals surface area contributed by atoms with Gasteiger partial charge in [-0.05, 0) is 24.1 Å². The minimum absolute atomic E-state index is 0.622. The Morgan fingerprint density at radius 1 is 1.06 bits per heavy atom. The van der Waals surface area contributed by atoms with Gasteiger partial charge in [0.25, 0.3) is 0 Å². The number of halogens is 1. The SMILES string of the molecule is CCCCOCCOc1ccc(CBr)cc1. The van der Waals surface area contributed by atoms with E-state index < -0.39 is 0 Å². The molecule has 0 aliphatic rings. The fourth-order valence-electron chi connectivity index (χ4n) is 1.24. The van der Waals surface area contributed by atoms with E-state index in [-0.39, 0.29) is 0 Å². The van der Waals surface area contributed by atoms with Crippen molar-refractivity contribution in [3.05, 3.63) is 29.8 Å². The van der Waals surface area contributed by atoms with Crippen molar-refractivity contribution in [2.45, 2.75) is 25.1 Å². The van der Waals surface area contributed by atoms with Crippen LogP contribution in [0, 0.1) is 0 Å². The van der Waals surface area contributed by atoms with E-state index in [0.29, 0.717) is 13.2 Å². The molecule has 0 fully saturated rings. The van der Waals surface area contributed by atoms with Gasteiger partial charge in [-0.3, -0.25) is 0 Å². The van der Waals surface area contributed by atoms with E-state index in [9.17, 15) is 0 Å². The third-order valence-electron chi connectivity index (χ3n) is 2.22. The van der Waals surface area contributed by atoms with Crippen LogP contribution in [-0.2, 0) is 10.1 Å². The lowest BCUT2D eigenvalue weighted by atomic mass is 10.2. The molecule has 0 aliphatic heterocycles. The lowest BCUT2D eigenvalue weighted by molar-refractivity contribution is 0.0980. The van der Waals surface area contributed by atoms with E-state index in [0.717, 1.165) is 24.1 Å². The summed E-state index contributed by atoms with van der Waals surface area (Å²) in [5.74, 6) is 0.906. The van der Waals surface area contributed by atoms with Crippen molar-refractivity contribution < 1.29 is 9.47 Å². The summed E-state index contributed by atoms with van der Waals surface area (Å²) in [6.45, 7) is 4.28. The number of hydrogen-bond acceptors (Lipinski definition) is 2. The zero-order valence-corrected chi connectivity index (χ0v) is 11.3. The monoisotopic (exact) mass is 286 g/mol. The van der Waals surface area contributed by atoms with Crippen molar-refractivity contribution in [2.24, 2.45) is 0 Å². The topological polar surface area (TPSA) is 18.5 Å². The Labute approximate surface area is 106 Å². The maximum Gasteiger partial charge on any atom is 0.119 e. The molecule has 0 amide bonds. The summed E-state index contributed by atoms with van der Waals surface area (Å²) >= 11 is 3.41. The molecule has 3 heteroatoms. The van der Waals surface area contributed by atoms with Crippen LogP contribution >= 0.6 is 15.9 Å². The molecule has 1 aromatic rings. The second-order valence-corrected chi connectivity index (χ2v) is 4.15. The van der Waals surface area contributed by atoms with Crippen molar-refractivity contribution in [1.29, 1.82) is 0 Å². The summed E-state index contributed by atoms with van der Waals surface area (Å²) in [6.07, 6.45) is 2.30. The fourth-order valence-corrected chi connectivity index (χ4v) is 1.62. The first-order chi connectivity index (χ1) is 7.86. The zero-order valence-electron chi connectivity index (χ0n) is 9.75. The smallest absolute Gasteiger partial charge is 0.119 e. The van der Waals surface area contributed by atoms with Gasteiger partial charge in [0, 0.05) is 11.9 Å². The highest BCUT2D eigenvalue weighted by Gasteiger charge is 1.94. The molecule has 0 radical (unpaired) electrons. The van der Waals surface area contributed by atoms with Crippen LogP contribution in [-0.4, -0.2) is 19.8 Å². The molecule has 90 valence electrons. The van der Waals surface area contributed by atoms with Crippen molar-refractivity contribution >= 4 is 15.9 Å². The lowest BCUT2D eigenvalue weighted by Crippen LogP contribution is -2.07. The first-order valence-electron chi connectivity index (χ1n) is 5.72. The Hall–Kier alpha value is -0.540. The number of rotatable bonds is 8. The van der Waals surface area contributed by atoms with E-state index in [1.165, 1.54) is 12.0 Å². The fraction of sp³-hybridized carbons (Fsp3) is 0.538. The second-order valence-electron chi connectivity index (χ2n) is 3.59. The van der Waals surface area contributed by atoms with Gasteiger partial charge >= 0.3 is 0 Å². The Morgan fingerprint density at radius 2 is 1.81 bits per heavy atom. The molecule has 1 aromatic carbocycles. The number of alkyl halides is 1. The number of hydrogen-bond donors (Lipinski definition) is 0. The summed E-state index contributed by atoms with van der Waals surface area (Å²) < 4.78 is 11.0. The molecule has 0 unspecified atom stereocenters. The molecule has 16 heavy (non-hydrogen) atoms. The van der Waals surface area contributed by atoms with E-state index >= 15 is 0 Å². The molecule has 0 aliphatic carbocycles. The van der Waals surface area contributed by atoms with Crippen LogP contribution in [0.25, 0.3) is 0 Å². The van der Waals surface area contributed by atoms with Gasteiger partial charge in [-0.1, -0.05) is 41.4 Å². The van der Waals surface area contributed by atoms with Crippen molar-refractivity contribution in [3.8, 4) is 5.75 Å². The van der Waals surface area contributed by atoms with Gasteiger partial charge in [0.1, 0.15) is 12.4 Å². The molecule has 0 N–H and O–H groups in total. The predicted octanol–water partition coefficient (Wildman–Crippen LogP) is 3.78. The van der Waals surface area contributed by atoms with Crippen molar-refractivity contribution in [1.82, 2.24) is 0 Å². The van der Waals surface area contributed by atoms with Crippen LogP contribution in [0.4, 0.5) is 0 Å². The van der Waals surface area contributed by atoms with Gasteiger partial charge < -0.3 is 9.47 Å². The maximum atomic E-state index is 5.55.